The van der Waals surface area contributed by atoms with Crippen LogP contribution in [0.2, 0.25) is 0 Å². The summed E-state index contributed by atoms with van der Waals surface area (Å²) in [6, 6.07) is 0. The molecule has 0 radical (unpaired) electrons. The first kappa shape index (κ1) is 8.76. The number of alkyl halides is 1. The number of hydrogen-bond donors (Lipinski definition) is 1. The molecule has 1 atom stereocenters. The highest BCUT2D eigenvalue weighted by Crippen LogP contribution is 2.43. The molecule has 0 saturated heterocycles. The van der Waals surface area contributed by atoms with E-state index in [9.17, 15) is 13.6 Å². The fourth-order valence-corrected chi connectivity index (χ4v) is 0.798. The molecule has 0 aromatic rings. The van der Waals surface area contributed by atoms with Crippen LogP contribution in [0.1, 0.15) is 12.8 Å². The zero-order chi connectivity index (χ0) is 8.48. The molecule has 1 aliphatic carbocycles. The highest BCUT2D eigenvalue weighted by atomic mass is 35.5. The Balaban J connectivity index is 2.26. The second-order valence-corrected chi connectivity index (χ2v) is 3.47. The van der Waals surface area contributed by atoms with Crippen LogP contribution in [0.15, 0.2) is 0 Å². The average molecular weight is 199 g/mol. The van der Waals surface area contributed by atoms with Crippen molar-refractivity contribution in [3.63, 3.8) is 0 Å². The number of carbonyl (C=O) groups excluding carboxylic acids is 1. The number of ether oxygens (including phenoxy) is 1. The van der Waals surface area contributed by atoms with Crippen molar-refractivity contribution in [2.75, 3.05) is 0 Å². The average Bonchev–Trinajstić information content (AvgIpc) is 2.44. The molecule has 0 heterocycles. The first-order valence-corrected chi connectivity index (χ1v) is 4.25. The van der Waals surface area contributed by atoms with Gasteiger partial charge in [0, 0.05) is 24.1 Å². The van der Waals surface area contributed by atoms with E-state index in [1.165, 1.54) is 4.72 Å². The van der Waals surface area contributed by atoms with Gasteiger partial charge >= 0.3 is 6.09 Å². The van der Waals surface area contributed by atoms with Gasteiger partial charge in [0.25, 0.3) is 0 Å². The number of halogens is 1. The highest BCUT2D eigenvalue weighted by molar-refractivity contribution is 7.77. The Labute approximate surface area is 70.5 Å². The summed E-state index contributed by atoms with van der Waals surface area (Å²) in [5, 5.41) is -0.955. The van der Waals surface area contributed by atoms with E-state index >= 15 is 0 Å². The fourth-order valence-electron chi connectivity index (χ4n) is 0.455. The number of nitrogens with one attached hydrogen (secondary N) is 1. The van der Waals surface area contributed by atoms with Crippen molar-refractivity contribution in [1.29, 1.82) is 0 Å². The number of rotatable bonds is 2. The maximum atomic E-state index is 10.5. The van der Waals surface area contributed by atoms with E-state index in [1.54, 1.807) is 0 Å². The molecular weight excluding hydrogens is 194 g/mol. The van der Waals surface area contributed by atoms with E-state index < -0.39 is 22.4 Å². The molecule has 1 unspecified atom stereocenters. The normalized spacial score (nSPS) is 22.0. The maximum absolute atomic E-state index is 10.5. The van der Waals surface area contributed by atoms with Crippen molar-refractivity contribution in [3.05, 3.63) is 0 Å². The highest BCUT2D eigenvalue weighted by Gasteiger charge is 2.45. The molecule has 1 saturated carbocycles. The van der Waals surface area contributed by atoms with Crippen LogP contribution >= 0.6 is 11.6 Å². The second-order valence-electron chi connectivity index (χ2n) is 2.11. The van der Waals surface area contributed by atoms with Gasteiger partial charge in [0.15, 0.2) is 5.06 Å². The zero-order valence-corrected chi connectivity index (χ0v) is 6.91. The van der Waals surface area contributed by atoms with Crippen molar-refractivity contribution in [1.82, 2.24) is 4.72 Å². The molecule has 0 bridgehead atoms. The molecule has 7 heteroatoms. The van der Waals surface area contributed by atoms with Gasteiger partial charge in [0.1, 0.15) is 0 Å². The molecule has 1 fully saturated rings. The third-order valence-electron chi connectivity index (χ3n) is 1.09. The van der Waals surface area contributed by atoms with Gasteiger partial charge in [-0.15, -0.1) is 0 Å². The number of hydrogen-bond acceptors (Lipinski definition) is 4. The summed E-state index contributed by atoms with van der Waals surface area (Å²) in [7, 11) is 0. The molecule has 0 aliphatic heterocycles. The third-order valence-corrected chi connectivity index (χ3v) is 1.87. The second kappa shape index (κ2) is 2.96. The third kappa shape index (κ3) is 3.04. The molecule has 5 nitrogen and oxygen atoms in total. The van der Waals surface area contributed by atoms with Crippen LogP contribution in [0, 0.1) is 0 Å². The summed E-state index contributed by atoms with van der Waals surface area (Å²) in [4.78, 5) is 10.5. The van der Waals surface area contributed by atoms with Crippen molar-refractivity contribution in [2.24, 2.45) is 0 Å². The van der Waals surface area contributed by atoms with E-state index in [0.29, 0.717) is 12.8 Å². The lowest BCUT2D eigenvalue weighted by molar-refractivity contribution is 0.129. The summed E-state index contributed by atoms with van der Waals surface area (Å²) >= 11 is 2.90. The molecule has 0 spiro atoms. The topological polar surface area (TPSA) is 78.5 Å². The lowest BCUT2D eigenvalue weighted by Crippen LogP contribution is -2.29. The van der Waals surface area contributed by atoms with E-state index in [-0.39, 0.29) is 0 Å². The van der Waals surface area contributed by atoms with Crippen LogP contribution < -0.4 is 4.72 Å². The summed E-state index contributed by atoms with van der Waals surface area (Å²) in [6.45, 7) is 0. The van der Waals surface area contributed by atoms with Gasteiger partial charge in [0.2, 0.25) is 0 Å². The Bertz CT molecular complexity index is 204. The number of carbonyl (C=O) groups is 1. The smallest absolute Gasteiger partial charge is 0.419 e. The summed E-state index contributed by atoms with van der Waals surface area (Å²) < 4.78 is 25.7. The SMILES string of the molecule is O=C(NS(=O)[O-])OC1(Cl)CC1. The zero-order valence-electron chi connectivity index (χ0n) is 5.33. The standard InChI is InChI=1S/C4H6ClNO4S/c5-4(1-2-4)10-3(7)6-11(8)9/h1-2H2,(H,6,7)(H,8,9)/p-1. The molecule has 1 N–H and O–H groups in total. The van der Waals surface area contributed by atoms with Gasteiger partial charge in [-0.2, -0.15) is 0 Å². The maximum Gasteiger partial charge on any atom is 0.419 e. The van der Waals surface area contributed by atoms with Gasteiger partial charge < -0.3 is 9.29 Å². The van der Waals surface area contributed by atoms with Crippen molar-refractivity contribution >= 4 is 29.0 Å². The predicted molar refractivity (Wildman–Crippen MR) is 36.4 cm³/mol. The lowest BCUT2D eigenvalue weighted by Gasteiger charge is -2.10. The van der Waals surface area contributed by atoms with Crippen LogP contribution in [0.3, 0.4) is 0 Å². The summed E-state index contributed by atoms with van der Waals surface area (Å²) in [6.07, 6.45) is 0.0897. The Kier molecular flexibility index (Phi) is 2.36. The van der Waals surface area contributed by atoms with Crippen LogP contribution in [0.25, 0.3) is 0 Å². The van der Waals surface area contributed by atoms with Gasteiger partial charge in [-0.05, 0) is 0 Å². The molecule has 11 heavy (non-hydrogen) atoms. The van der Waals surface area contributed by atoms with Crippen molar-refractivity contribution in [2.45, 2.75) is 17.9 Å². The molecule has 1 aliphatic rings. The largest absolute Gasteiger partial charge is 0.755 e. The summed E-state index contributed by atoms with van der Waals surface area (Å²) in [5.74, 6) is 0. The molecular formula is C4H5ClNO4S-. The molecule has 0 aromatic heterocycles. The van der Waals surface area contributed by atoms with Gasteiger partial charge in [0.05, 0.1) is 0 Å². The van der Waals surface area contributed by atoms with Crippen LogP contribution in [0.4, 0.5) is 4.79 Å². The minimum atomic E-state index is -2.64. The van der Waals surface area contributed by atoms with Gasteiger partial charge in [-0.3, -0.25) is 8.93 Å². The van der Waals surface area contributed by atoms with Crippen molar-refractivity contribution in [3.8, 4) is 0 Å². The Hall–Kier alpha value is -0.330. The first-order chi connectivity index (χ1) is 5.02. The minimum Gasteiger partial charge on any atom is -0.755 e. The predicted octanol–water partition coefficient (Wildman–Crippen LogP) is 0.236. The monoisotopic (exact) mass is 198 g/mol. The van der Waals surface area contributed by atoms with Crippen molar-refractivity contribution < 1.29 is 18.3 Å². The van der Waals surface area contributed by atoms with E-state index in [1.807, 2.05) is 0 Å². The van der Waals surface area contributed by atoms with Gasteiger partial charge in [-0.25, -0.2) is 4.79 Å². The molecule has 1 rings (SSSR count). The molecule has 1 amide bonds. The quantitative estimate of drug-likeness (QED) is 0.509. The van der Waals surface area contributed by atoms with Gasteiger partial charge in [-0.1, -0.05) is 11.6 Å². The Morgan fingerprint density at radius 1 is 1.73 bits per heavy atom. The summed E-state index contributed by atoms with van der Waals surface area (Å²) in [5.41, 5.74) is 0. The first-order valence-electron chi connectivity index (χ1n) is 2.80. The van der Waals surface area contributed by atoms with E-state index in [4.69, 9.17) is 11.6 Å². The van der Waals surface area contributed by atoms with Crippen LogP contribution in [0.5, 0.6) is 0 Å². The fraction of sp³-hybridized carbons (Fsp3) is 0.750. The lowest BCUT2D eigenvalue weighted by atomic mass is 10.8. The Morgan fingerprint density at radius 2 is 2.27 bits per heavy atom. The number of amides is 1. The van der Waals surface area contributed by atoms with Crippen LogP contribution in [-0.2, 0) is 16.0 Å². The Morgan fingerprint density at radius 3 is 2.64 bits per heavy atom. The van der Waals surface area contributed by atoms with E-state index in [2.05, 4.69) is 4.74 Å². The minimum absolute atomic E-state index is 0.563. The molecule has 0 aromatic carbocycles. The van der Waals surface area contributed by atoms with Crippen LogP contribution in [-0.4, -0.2) is 19.9 Å². The molecule has 64 valence electrons. The van der Waals surface area contributed by atoms with E-state index in [0.717, 1.165) is 0 Å².